The summed E-state index contributed by atoms with van der Waals surface area (Å²) in [5.74, 6) is 0.592. The number of hydrogen-bond acceptors (Lipinski definition) is 5. The molecule has 1 saturated heterocycles. The molecule has 1 aliphatic heterocycles. The minimum Gasteiger partial charge on any atom is -0.337 e. The third-order valence-corrected chi connectivity index (χ3v) is 5.04. The maximum absolute atomic E-state index is 12.8. The number of carbonyl (C=O) groups is 1. The molecule has 0 unspecified atom stereocenters. The maximum Gasteiger partial charge on any atom is 0.253 e. The Hall–Kier alpha value is -3.12. The summed E-state index contributed by atoms with van der Waals surface area (Å²) in [5.41, 5.74) is 11.1. The number of likely N-dealkylation sites (tertiary alicyclic amines) is 1. The van der Waals surface area contributed by atoms with E-state index in [-0.39, 0.29) is 11.9 Å². The van der Waals surface area contributed by atoms with Crippen LogP contribution in [0.25, 0.3) is 22.6 Å². The van der Waals surface area contributed by atoms with Crippen LogP contribution in [-0.4, -0.2) is 44.9 Å². The summed E-state index contributed by atoms with van der Waals surface area (Å²) in [6.45, 7) is 5.26. The Morgan fingerprint density at radius 1 is 1.14 bits per heavy atom. The van der Waals surface area contributed by atoms with Crippen molar-refractivity contribution >= 4 is 5.91 Å². The van der Waals surface area contributed by atoms with E-state index in [2.05, 4.69) is 9.97 Å². The highest BCUT2D eigenvalue weighted by molar-refractivity contribution is 5.95. The highest BCUT2D eigenvalue weighted by Gasteiger charge is 2.24. The average molecular weight is 373 g/mol. The van der Waals surface area contributed by atoms with Crippen molar-refractivity contribution in [1.82, 2.24) is 19.9 Å². The third-order valence-electron chi connectivity index (χ3n) is 5.04. The molecule has 1 aromatic carbocycles. The molecule has 0 bridgehead atoms. The van der Waals surface area contributed by atoms with E-state index in [0.29, 0.717) is 24.5 Å². The molecule has 28 heavy (non-hydrogen) atoms. The van der Waals surface area contributed by atoms with Crippen LogP contribution in [0.2, 0.25) is 0 Å². The van der Waals surface area contributed by atoms with Crippen LogP contribution in [0.3, 0.4) is 0 Å². The third kappa shape index (κ3) is 3.64. The first-order valence-corrected chi connectivity index (χ1v) is 9.44. The molecule has 1 amide bonds. The lowest BCUT2D eigenvalue weighted by atomic mass is 10.1. The maximum atomic E-state index is 12.8. The molecule has 6 nitrogen and oxygen atoms in total. The van der Waals surface area contributed by atoms with Gasteiger partial charge in [0.15, 0.2) is 5.82 Å². The number of nitrogens with zero attached hydrogens (tertiary/aromatic N) is 4. The number of aryl methyl sites for hydroxylation is 2. The molecule has 0 aliphatic carbocycles. The van der Waals surface area contributed by atoms with Crippen molar-refractivity contribution in [1.29, 1.82) is 0 Å². The summed E-state index contributed by atoms with van der Waals surface area (Å²) >= 11 is 0. The molecule has 2 aromatic heterocycles. The number of benzene rings is 1. The van der Waals surface area contributed by atoms with Crippen molar-refractivity contribution in [3.8, 4) is 22.6 Å². The molecule has 6 heteroatoms. The van der Waals surface area contributed by atoms with Gasteiger partial charge < -0.3 is 10.6 Å². The quantitative estimate of drug-likeness (QED) is 0.763. The number of carbonyl (C=O) groups excluding carboxylic acids is 1. The minimum absolute atomic E-state index is 0.00420. The van der Waals surface area contributed by atoms with E-state index in [4.69, 9.17) is 10.7 Å². The molecule has 3 aromatic rings. The second-order valence-electron chi connectivity index (χ2n) is 7.23. The van der Waals surface area contributed by atoms with Gasteiger partial charge >= 0.3 is 0 Å². The number of hydrogen-bond donors (Lipinski definition) is 1. The predicted octanol–water partition coefficient (Wildman–Crippen LogP) is 3.00. The zero-order valence-electron chi connectivity index (χ0n) is 16.1. The fourth-order valence-electron chi connectivity index (χ4n) is 3.55. The summed E-state index contributed by atoms with van der Waals surface area (Å²) in [6, 6.07) is 13.4. The molecule has 4 rings (SSSR count). The largest absolute Gasteiger partial charge is 0.337 e. The van der Waals surface area contributed by atoms with Gasteiger partial charge in [-0.2, -0.15) is 0 Å². The summed E-state index contributed by atoms with van der Waals surface area (Å²) < 4.78 is 0. The van der Waals surface area contributed by atoms with Crippen molar-refractivity contribution in [2.24, 2.45) is 5.73 Å². The van der Waals surface area contributed by atoms with E-state index in [1.54, 1.807) is 6.20 Å². The van der Waals surface area contributed by atoms with Gasteiger partial charge in [-0.05, 0) is 50.6 Å². The van der Waals surface area contributed by atoms with Crippen LogP contribution < -0.4 is 5.73 Å². The molecule has 1 aliphatic rings. The number of amides is 1. The van der Waals surface area contributed by atoms with Gasteiger partial charge in [0.1, 0.15) is 0 Å². The number of rotatable bonds is 3. The smallest absolute Gasteiger partial charge is 0.253 e. The molecule has 0 saturated carbocycles. The lowest BCUT2D eigenvalue weighted by molar-refractivity contribution is 0.0791. The molecule has 2 N–H and O–H groups in total. The van der Waals surface area contributed by atoms with E-state index >= 15 is 0 Å². The van der Waals surface area contributed by atoms with Crippen LogP contribution in [0.15, 0.2) is 48.7 Å². The molecule has 1 fully saturated rings. The Kier molecular flexibility index (Phi) is 4.88. The monoisotopic (exact) mass is 373 g/mol. The zero-order chi connectivity index (χ0) is 19.7. The van der Waals surface area contributed by atoms with Crippen LogP contribution in [0.4, 0.5) is 0 Å². The van der Waals surface area contributed by atoms with Crippen molar-refractivity contribution < 1.29 is 4.79 Å². The summed E-state index contributed by atoms with van der Waals surface area (Å²) in [7, 11) is 0. The van der Waals surface area contributed by atoms with Gasteiger partial charge in [0.2, 0.25) is 0 Å². The van der Waals surface area contributed by atoms with Gasteiger partial charge in [0, 0.05) is 53.4 Å². The number of nitrogens with two attached hydrogens (primary N) is 1. The van der Waals surface area contributed by atoms with Crippen LogP contribution >= 0.6 is 0 Å². The molecule has 1 atom stereocenters. The highest BCUT2D eigenvalue weighted by atomic mass is 16.2. The van der Waals surface area contributed by atoms with Crippen molar-refractivity contribution in [3.05, 3.63) is 65.6 Å². The first-order valence-electron chi connectivity index (χ1n) is 9.44. The Morgan fingerprint density at radius 2 is 2.00 bits per heavy atom. The van der Waals surface area contributed by atoms with E-state index < -0.39 is 0 Å². The van der Waals surface area contributed by atoms with E-state index in [1.807, 2.05) is 61.2 Å². The number of pyridine rings is 1. The highest BCUT2D eigenvalue weighted by Crippen LogP contribution is 2.24. The van der Waals surface area contributed by atoms with Gasteiger partial charge in [-0.3, -0.25) is 9.78 Å². The van der Waals surface area contributed by atoms with Crippen molar-refractivity contribution in [2.45, 2.75) is 26.3 Å². The van der Waals surface area contributed by atoms with Gasteiger partial charge in [-0.1, -0.05) is 12.1 Å². The Bertz CT molecular complexity index is 1030. The molecular formula is C22H23N5O. The molecule has 3 heterocycles. The van der Waals surface area contributed by atoms with Gasteiger partial charge in [0.05, 0.1) is 5.69 Å². The van der Waals surface area contributed by atoms with Gasteiger partial charge in [-0.15, -0.1) is 0 Å². The first kappa shape index (κ1) is 18.3. The van der Waals surface area contributed by atoms with Gasteiger partial charge in [-0.25, -0.2) is 9.97 Å². The lowest BCUT2D eigenvalue weighted by Gasteiger charge is -2.16. The Balaban J connectivity index is 1.66. The molecular weight excluding hydrogens is 350 g/mol. The Labute approximate surface area is 164 Å². The summed E-state index contributed by atoms with van der Waals surface area (Å²) in [5, 5.41) is 0. The van der Waals surface area contributed by atoms with Crippen LogP contribution in [0.5, 0.6) is 0 Å². The minimum atomic E-state index is 0.00420. The van der Waals surface area contributed by atoms with E-state index in [9.17, 15) is 4.79 Å². The normalized spacial score (nSPS) is 16.4. The lowest BCUT2D eigenvalue weighted by Crippen LogP contribution is -2.31. The van der Waals surface area contributed by atoms with Crippen molar-refractivity contribution in [2.75, 3.05) is 13.1 Å². The van der Waals surface area contributed by atoms with Gasteiger partial charge in [0.25, 0.3) is 5.91 Å². The fourth-order valence-corrected chi connectivity index (χ4v) is 3.55. The van der Waals surface area contributed by atoms with E-state index in [0.717, 1.165) is 34.6 Å². The fraction of sp³-hybridized carbons (Fsp3) is 0.273. The Morgan fingerprint density at radius 3 is 2.75 bits per heavy atom. The van der Waals surface area contributed by atoms with Crippen LogP contribution in [-0.2, 0) is 0 Å². The standard InChI is InChI=1S/C22H23N5O/c1-14-6-7-19(15(2)25-14)20-8-10-24-21(26-20)16-4-3-5-17(12-16)22(28)27-11-9-18(23)13-27/h3-8,10,12,18H,9,11,13,23H2,1-2H3/t18-/m0/s1. The second kappa shape index (κ2) is 7.48. The number of aromatic nitrogens is 3. The summed E-state index contributed by atoms with van der Waals surface area (Å²) in [4.78, 5) is 28.2. The summed E-state index contributed by atoms with van der Waals surface area (Å²) in [6.07, 6.45) is 2.59. The SMILES string of the molecule is Cc1ccc(-c2ccnc(-c3cccc(C(=O)N4CC[C@H](N)C4)c3)n2)c(C)n1. The topological polar surface area (TPSA) is 85.0 Å². The second-order valence-corrected chi connectivity index (χ2v) is 7.23. The predicted molar refractivity (Wildman–Crippen MR) is 109 cm³/mol. The average Bonchev–Trinajstić information content (AvgIpc) is 3.14. The van der Waals surface area contributed by atoms with Crippen molar-refractivity contribution in [3.63, 3.8) is 0 Å². The van der Waals surface area contributed by atoms with Crippen LogP contribution in [0, 0.1) is 13.8 Å². The first-order chi connectivity index (χ1) is 13.5. The molecule has 0 spiro atoms. The molecule has 0 radical (unpaired) electrons. The van der Waals surface area contributed by atoms with E-state index in [1.165, 1.54) is 0 Å². The molecule has 142 valence electrons. The van der Waals surface area contributed by atoms with Crippen LogP contribution in [0.1, 0.15) is 28.2 Å². The zero-order valence-corrected chi connectivity index (χ0v) is 16.1.